The molecule has 0 saturated heterocycles. The maximum absolute atomic E-state index is 11.5. The minimum atomic E-state index is -4.40. The van der Waals surface area contributed by atoms with Crippen molar-refractivity contribution in [3.05, 3.63) is 60.7 Å². The Labute approximate surface area is 150 Å². The molecule has 26 heavy (non-hydrogen) atoms. The third-order valence-electron chi connectivity index (χ3n) is 3.56. The molecule has 3 aromatic carbocycles. The fourth-order valence-electron chi connectivity index (χ4n) is 2.43. The highest BCUT2D eigenvalue weighted by Gasteiger charge is 2.14. The van der Waals surface area contributed by atoms with Crippen LogP contribution in [-0.2, 0) is 14.9 Å². The molecule has 0 bridgehead atoms. The predicted octanol–water partition coefficient (Wildman–Crippen LogP) is 4.46. The fourth-order valence-corrected chi connectivity index (χ4v) is 2.98. The zero-order valence-electron chi connectivity index (χ0n) is 13.7. The van der Waals surface area contributed by atoms with Crippen molar-refractivity contribution >= 4 is 43.9 Å². The molecule has 1 amide bonds. The quantitative estimate of drug-likeness (QED) is 0.523. The van der Waals surface area contributed by atoms with Crippen molar-refractivity contribution in [3.8, 4) is 0 Å². The molecule has 0 aromatic heterocycles. The van der Waals surface area contributed by atoms with Crippen molar-refractivity contribution in [1.29, 1.82) is 0 Å². The Balaban J connectivity index is 2.10. The second kappa shape index (κ2) is 7.03. The molecule has 0 saturated carbocycles. The van der Waals surface area contributed by atoms with Gasteiger partial charge in [0, 0.05) is 12.3 Å². The summed E-state index contributed by atoms with van der Waals surface area (Å²) in [6, 6.07) is 16.7. The van der Waals surface area contributed by atoms with E-state index in [0.29, 0.717) is 22.1 Å². The van der Waals surface area contributed by atoms with Gasteiger partial charge in [0.15, 0.2) is 0 Å². The Hall–Kier alpha value is -3.10. The van der Waals surface area contributed by atoms with Crippen LogP contribution >= 0.6 is 0 Å². The first-order chi connectivity index (χ1) is 12.3. The normalized spacial score (nSPS) is 11.8. The first kappa shape index (κ1) is 17.7. The van der Waals surface area contributed by atoms with Crippen molar-refractivity contribution < 1.29 is 17.8 Å². The lowest BCUT2D eigenvalue weighted by Crippen LogP contribution is -2.08. The van der Waals surface area contributed by atoms with E-state index >= 15 is 0 Å². The summed E-state index contributed by atoms with van der Waals surface area (Å²) in [6.45, 7) is 1.31. The summed E-state index contributed by atoms with van der Waals surface area (Å²) >= 11 is 0. The van der Waals surface area contributed by atoms with Crippen LogP contribution in [0.15, 0.2) is 75.8 Å². The van der Waals surface area contributed by atoms with Crippen LogP contribution in [0.4, 0.5) is 17.1 Å². The van der Waals surface area contributed by atoms with Gasteiger partial charge in [0.05, 0.1) is 22.0 Å². The molecule has 7 nitrogen and oxygen atoms in total. The maximum Gasteiger partial charge on any atom is 0.294 e. The summed E-state index contributed by atoms with van der Waals surface area (Å²) in [7, 11) is -4.40. The van der Waals surface area contributed by atoms with Gasteiger partial charge in [-0.3, -0.25) is 9.35 Å². The van der Waals surface area contributed by atoms with Crippen molar-refractivity contribution in [1.82, 2.24) is 0 Å². The van der Waals surface area contributed by atoms with Crippen molar-refractivity contribution in [2.24, 2.45) is 10.2 Å². The van der Waals surface area contributed by atoms with Gasteiger partial charge in [0.25, 0.3) is 10.1 Å². The molecule has 0 aliphatic carbocycles. The molecular formula is C18H15N3O4S. The monoisotopic (exact) mass is 369 g/mol. The maximum atomic E-state index is 11.5. The molecule has 0 atom stereocenters. The van der Waals surface area contributed by atoms with Gasteiger partial charge >= 0.3 is 0 Å². The first-order valence-corrected chi connectivity index (χ1v) is 9.06. The van der Waals surface area contributed by atoms with Crippen LogP contribution in [0.25, 0.3) is 10.8 Å². The number of carbonyl (C=O) groups excluding carboxylic acids is 1. The number of azo groups is 1. The van der Waals surface area contributed by atoms with Gasteiger partial charge in [0.2, 0.25) is 5.91 Å². The van der Waals surface area contributed by atoms with Gasteiger partial charge in [-0.15, -0.1) is 0 Å². The highest BCUT2D eigenvalue weighted by atomic mass is 32.2. The molecule has 3 rings (SSSR count). The summed E-state index contributed by atoms with van der Waals surface area (Å²) < 4.78 is 32.2. The average Bonchev–Trinajstić information content (AvgIpc) is 2.59. The summed E-state index contributed by atoms with van der Waals surface area (Å²) in [4.78, 5) is 11.1. The molecule has 0 unspecified atom stereocenters. The molecule has 132 valence electrons. The molecule has 0 radical (unpaired) electrons. The van der Waals surface area contributed by atoms with Crippen LogP contribution in [0, 0.1) is 0 Å². The molecule has 0 aliphatic rings. The Morgan fingerprint density at radius 3 is 2.31 bits per heavy atom. The van der Waals surface area contributed by atoms with Gasteiger partial charge in [-0.2, -0.15) is 18.6 Å². The molecule has 8 heteroatoms. The zero-order chi connectivity index (χ0) is 18.7. The van der Waals surface area contributed by atoms with E-state index in [1.165, 1.54) is 19.1 Å². The summed E-state index contributed by atoms with van der Waals surface area (Å²) in [5.74, 6) is -0.366. The number of hydrogen-bond donors (Lipinski definition) is 2. The van der Waals surface area contributed by atoms with Crippen LogP contribution in [-0.4, -0.2) is 18.9 Å². The summed E-state index contributed by atoms with van der Waals surface area (Å²) in [5, 5.41) is 12.0. The van der Waals surface area contributed by atoms with Crippen LogP contribution in [0.2, 0.25) is 0 Å². The van der Waals surface area contributed by atoms with E-state index in [4.69, 9.17) is 0 Å². The Morgan fingerprint density at radius 2 is 1.65 bits per heavy atom. The Morgan fingerprint density at radius 1 is 0.962 bits per heavy atom. The van der Waals surface area contributed by atoms with Crippen LogP contribution in [0.1, 0.15) is 6.92 Å². The van der Waals surface area contributed by atoms with E-state index in [2.05, 4.69) is 15.5 Å². The largest absolute Gasteiger partial charge is 0.326 e. The Kier molecular flexibility index (Phi) is 4.79. The van der Waals surface area contributed by atoms with Crippen LogP contribution < -0.4 is 5.32 Å². The number of hydrogen-bond acceptors (Lipinski definition) is 5. The standard InChI is InChI=1S/C18H15N3O4S/c1-12(22)19-18-11-16(26(23,24)25)9-13-7-8-15(10-17(13)18)21-20-14-5-3-2-4-6-14/h2-11H,1H3,(H,19,22)(H,23,24,25). The zero-order valence-corrected chi connectivity index (χ0v) is 14.6. The second-order valence-electron chi connectivity index (χ2n) is 5.57. The van der Waals surface area contributed by atoms with Gasteiger partial charge in [-0.25, -0.2) is 0 Å². The minimum absolute atomic E-state index is 0.263. The minimum Gasteiger partial charge on any atom is -0.326 e. The molecule has 0 spiro atoms. The Bertz CT molecular complexity index is 1110. The number of nitrogens with zero attached hydrogens (tertiary/aromatic N) is 2. The van der Waals surface area contributed by atoms with Crippen molar-refractivity contribution in [2.75, 3.05) is 5.32 Å². The molecular weight excluding hydrogens is 354 g/mol. The van der Waals surface area contributed by atoms with E-state index < -0.39 is 10.1 Å². The molecule has 0 fully saturated rings. The SMILES string of the molecule is CC(=O)Nc1cc(S(=O)(=O)O)cc2ccc(N=Nc3ccccc3)cc12. The number of benzene rings is 3. The first-order valence-electron chi connectivity index (χ1n) is 7.62. The number of fused-ring (bicyclic) bond motifs is 1. The number of nitrogens with one attached hydrogen (secondary N) is 1. The summed E-state index contributed by atoms with van der Waals surface area (Å²) in [5.41, 5.74) is 1.49. The topological polar surface area (TPSA) is 108 Å². The molecule has 3 aromatic rings. The van der Waals surface area contributed by atoms with Gasteiger partial charge in [-0.1, -0.05) is 24.3 Å². The number of rotatable bonds is 4. The molecule has 2 N–H and O–H groups in total. The highest BCUT2D eigenvalue weighted by Crippen LogP contribution is 2.31. The lowest BCUT2D eigenvalue weighted by Gasteiger charge is -2.10. The van der Waals surface area contributed by atoms with Gasteiger partial charge < -0.3 is 5.32 Å². The third kappa shape index (κ3) is 4.11. The van der Waals surface area contributed by atoms with Crippen molar-refractivity contribution in [2.45, 2.75) is 11.8 Å². The third-order valence-corrected chi connectivity index (χ3v) is 4.39. The van der Waals surface area contributed by atoms with E-state index in [9.17, 15) is 17.8 Å². The fraction of sp³-hybridized carbons (Fsp3) is 0.0556. The number of carbonyl (C=O) groups is 1. The number of amides is 1. The van der Waals surface area contributed by atoms with Gasteiger partial charge in [0.1, 0.15) is 0 Å². The lowest BCUT2D eigenvalue weighted by atomic mass is 10.1. The second-order valence-corrected chi connectivity index (χ2v) is 6.99. The molecule has 0 aliphatic heterocycles. The van der Waals surface area contributed by atoms with Gasteiger partial charge in [-0.05, 0) is 41.8 Å². The average molecular weight is 369 g/mol. The predicted molar refractivity (Wildman–Crippen MR) is 98.7 cm³/mol. The van der Waals surface area contributed by atoms with E-state index in [0.717, 1.165) is 0 Å². The van der Waals surface area contributed by atoms with E-state index in [-0.39, 0.29) is 16.5 Å². The smallest absolute Gasteiger partial charge is 0.294 e. The van der Waals surface area contributed by atoms with E-state index in [1.807, 2.05) is 30.3 Å². The summed E-state index contributed by atoms with van der Waals surface area (Å²) in [6.07, 6.45) is 0. The molecule has 0 heterocycles. The van der Waals surface area contributed by atoms with Crippen LogP contribution in [0.5, 0.6) is 0 Å². The van der Waals surface area contributed by atoms with Crippen LogP contribution in [0.3, 0.4) is 0 Å². The highest BCUT2D eigenvalue weighted by molar-refractivity contribution is 7.85. The number of anilines is 1. The lowest BCUT2D eigenvalue weighted by molar-refractivity contribution is -0.114. The van der Waals surface area contributed by atoms with Crippen molar-refractivity contribution in [3.63, 3.8) is 0 Å². The van der Waals surface area contributed by atoms with E-state index in [1.54, 1.807) is 18.2 Å².